The summed E-state index contributed by atoms with van der Waals surface area (Å²) in [6, 6.07) is 4.07. The molecule has 1 unspecified atom stereocenters. The Kier molecular flexibility index (Phi) is 6.54. The predicted octanol–water partition coefficient (Wildman–Crippen LogP) is 5.26. The van der Waals surface area contributed by atoms with Gasteiger partial charge < -0.3 is 16.2 Å². The molecule has 0 spiro atoms. The summed E-state index contributed by atoms with van der Waals surface area (Å²) in [6.45, 7) is 0.361. The van der Waals surface area contributed by atoms with Gasteiger partial charge in [0.25, 0.3) is 12.3 Å². The zero-order valence-electron chi connectivity index (χ0n) is 20.5. The number of aromatic nitrogens is 2. The Morgan fingerprint density at radius 2 is 1.85 bits per heavy atom. The van der Waals surface area contributed by atoms with E-state index in [9.17, 15) is 41.0 Å². The van der Waals surface area contributed by atoms with Crippen molar-refractivity contribution in [3.8, 4) is 11.1 Å². The fraction of sp³-hybridized carbons (Fsp3) is 0.192. The van der Waals surface area contributed by atoms with Crippen molar-refractivity contribution in [2.75, 3.05) is 0 Å². The molecule has 0 bridgehead atoms. The highest BCUT2D eigenvalue weighted by Gasteiger charge is 2.49. The van der Waals surface area contributed by atoms with Crippen LogP contribution in [0.1, 0.15) is 43.1 Å². The Bertz CT molecular complexity index is 1790. The van der Waals surface area contributed by atoms with E-state index in [2.05, 4.69) is 10.4 Å². The molecule has 5 rings (SSSR count). The van der Waals surface area contributed by atoms with Crippen molar-refractivity contribution in [1.29, 1.82) is 0 Å². The molecule has 1 atom stereocenters. The summed E-state index contributed by atoms with van der Waals surface area (Å²) in [6.07, 6.45) is -8.05. The number of fused-ring (bicyclic) bond motifs is 3. The molecule has 0 saturated carbocycles. The second-order valence-electron chi connectivity index (χ2n) is 9.26. The molecule has 41 heavy (non-hydrogen) atoms. The van der Waals surface area contributed by atoms with Gasteiger partial charge >= 0.3 is 6.18 Å². The van der Waals surface area contributed by atoms with E-state index in [-0.39, 0.29) is 33.8 Å². The molecule has 0 aliphatic carbocycles. The van der Waals surface area contributed by atoms with Crippen LogP contribution in [0, 0.1) is 18.6 Å². The van der Waals surface area contributed by atoms with Crippen LogP contribution in [0.3, 0.4) is 0 Å². The third-order valence-corrected chi connectivity index (χ3v) is 7.01. The van der Waals surface area contributed by atoms with Crippen molar-refractivity contribution in [1.82, 2.24) is 15.1 Å². The number of nitrogens with one attached hydrogen (secondary N) is 1. The number of benzene rings is 3. The molecule has 7 nitrogen and oxygen atoms in total. The van der Waals surface area contributed by atoms with Gasteiger partial charge in [-0.25, -0.2) is 17.6 Å². The molecule has 0 saturated heterocycles. The number of aliphatic hydroxyl groups is 1. The Morgan fingerprint density at radius 1 is 1.17 bits per heavy atom. The Labute approximate surface area is 230 Å². The second kappa shape index (κ2) is 9.45. The summed E-state index contributed by atoms with van der Waals surface area (Å²) in [5.74, 6) is -5.12. The molecule has 1 aliphatic rings. The maximum Gasteiger partial charge on any atom is 0.416 e. The van der Waals surface area contributed by atoms with Gasteiger partial charge in [0, 0.05) is 27.1 Å². The van der Waals surface area contributed by atoms with E-state index in [4.69, 9.17) is 17.3 Å². The van der Waals surface area contributed by atoms with Gasteiger partial charge in [-0.2, -0.15) is 18.3 Å². The molecule has 4 N–H and O–H groups in total. The first-order valence-corrected chi connectivity index (χ1v) is 12.0. The third-order valence-electron chi connectivity index (χ3n) is 6.68. The van der Waals surface area contributed by atoms with Crippen LogP contribution in [-0.2, 0) is 18.4 Å². The van der Waals surface area contributed by atoms with Gasteiger partial charge in [-0.1, -0.05) is 11.6 Å². The van der Waals surface area contributed by atoms with Gasteiger partial charge in [-0.05, 0) is 48.9 Å². The van der Waals surface area contributed by atoms with E-state index in [0.29, 0.717) is 0 Å². The Morgan fingerprint density at radius 3 is 2.46 bits per heavy atom. The Balaban J connectivity index is 1.99. The first kappa shape index (κ1) is 28.4. The molecule has 3 aromatic carbocycles. The first-order chi connectivity index (χ1) is 19.0. The van der Waals surface area contributed by atoms with Gasteiger partial charge in [-0.15, -0.1) is 0 Å². The van der Waals surface area contributed by atoms with E-state index in [1.807, 2.05) is 0 Å². The highest BCUT2D eigenvalue weighted by atomic mass is 35.5. The number of rotatable bonds is 5. The number of primary amides is 1. The van der Waals surface area contributed by atoms with Crippen molar-refractivity contribution in [2.45, 2.75) is 31.8 Å². The third kappa shape index (κ3) is 4.47. The molecular weight excluding hydrogens is 585 g/mol. The minimum Gasteiger partial charge on any atom is -0.366 e. The number of hydrogen-bond donors (Lipinski definition) is 3. The molecule has 15 heteroatoms. The van der Waals surface area contributed by atoms with E-state index in [1.165, 1.54) is 6.92 Å². The van der Waals surface area contributed by atoms with Crippen LogP contribution in [0.5, 0.6) is 0 Å². The van der Waals surface area contributed by atoms with Crippen LogP contribution in [0.15, 0.2) is 36.4 Å². The molecular formula is C26H16ClF7N4O3. The zero-order valence-corrected chi connectivity index (χ0v) is 21.3. The summed E-state index contributed by atoms with van der Waals surface area (Å²) < 4.78 is 98.0. The fourth-order valence-electron chi connectivity index (χ4n) is 5.10. The second-order valence-corrected chi connectivity index (χ2v) is 9.67. The van der Waals surface area contributed by atoms with Crippen LogP contribution in [0.2, 0.25) is 5.02 Å². The molecule has 0 fully saturated rings. The maximum atomic E-state index is 15.6. The number of halogens is 8. The standard InChI is InChI=1S/C26H16ClF7N4O3/c1-9-19-17(38(37-9)8-18(30)31)7-12(20-13(23(35)39)4-10(5-16(20)29)26(32,33)34)22-21(19)24(40)36-25(22,41)14-6-11(28)2-3-15(14)27/h2-7,18,41H,8H2,1H3,(H2,35,39)(H,36,40). The summed E-state index contributed by atoms with van der Waals surface area (Å²) in [5.41, 5.74) is -3.03. The molecule has 1 aromatic heterocycles. The smallest absolute Gasteiger partial charge is 0.366 e. The lowest BCUT2D eigenvalue weighted by atomic mass is 9.83. The van der Waals surface area contributed by atoms with Crippen molar-refractivity contribution in [2.24, 2.45) is 5.73 Å². The predicted molar refractivity (Wildman–Crippen MR) is 131 cm³/mol. The number of nitrogens with zero attached hydrogens (tertiary/aromatic N) is 2. The average Bonchev–Trinajstić information content (AvgIpc) is 3.31. The number of aryl methyl sites for hydroxylation is 1. The van der Waals surface area contributed by atoms with Crippen LogP contribution < -0.4 is 11.1 Å². The molecule has 2 heterocycles. The van der Waals surface area contributed by atoms with Gasteiger partial charge in [0.2, 0.25) is 5.91 Å². The SMILES string of the molecule is Cc1nn(CC(F)F)c2cc(-c3c(F)cc(C(F)(F)F)cc3C(N)=O)c3c(c12)C(=O)NC3(O)c1cc(F)ccc1Cl. The van der Waals surface area contributed by atoms with E-state index in [1.54, 1.807) is 0 Å². The lowest BCUT2D eigenvalue weighted by Gasteiger charge is -2.28. The van der Waals surface area contributed by atoms with E-state index in [0.717, 1.165) is 28.9 Å². The van der Waals surface area contributed by atoms with Crippen LogP contribution in [0.25, 0.3) is 22.0 Å². The number of hydrogen-bond acceptors (Lipinski definition) is 4. The van der Waals surface area contributed by atoms with Gasteiger partial charge in [-0.3, -0.25) is 14.3 Å². The fourth-order valence-corrected chi connectivity index (χ4v) is 5.35. The molecule has 1 aliphatic heterocycles. The number of nitrogens with two attached hydrogens (primary N) is 1. The highest BCUT2D eigenvalue weighted by Crippen LogP contribution is 2.48. The molecule has 4 aromatic rings. The topological polar surface area (TPSA) is 110 Å². The summed E-state index contributed by atoms with van der Waals surface area (Å²) >= 11 is 6.22. The number of alkyl halides is 5. The summed E-state index contributed by atoms with van der Waals surface area (Å²) in [4.78, 5) is 25.8. The zero-order chi connectivity index (χ0) is 30.2. The summed E-state index contributed by atoms with van der Waals surface area (Å²) in [5, 5.41) is 17.8. The largest absolute Gasteiger partial charge is 0.416 e. The average molecular weight is 601 g/mol. The molecule has 0 radical (unpaired) electrons. The number of carbonyl (C=O) groups excluding carboxylic acids is 2. The normalized spacial score (nSPS) is 16.9. The quantitative estimate of drug-likeness (QED) is 0.271. The highest BCUT2D eigenvalue weighted by molar-refractivity contribution is 6.31. The van der Waals surface area contributed by atoms with Gasteiger partial charge in [0.1, 0.15) is 18.2 Å². The van der Waals surface area contributed by atoms with Crippen LogP contribution >= 0.6 is 11.6 Å². The lowest BCUT2D eigenvalue weighted by Crippen LogP contribution is -2.41. The van der Waals surface area contributed by atoms with Gasteiger partial charge in [0.15, 0.2) is 5.72 Å². The van der Waals surface area contributed by atoms with Gasteiger partial charge in [0.05, 0.1) is 27.9 Å². The van der Waals surface area contributed by atoms with Crippen molar-refractivity contribution in [3.05, 3.63) is 86.6 Å². The molecule has 2 amide bonds. The maximum absolute atomic E-state index is 15.6. The molecule has 214 valence electrons. The van der Waals surface area contributed by atoms with E-state index < -0.39 is 87.3 Å². The summed E-state index contributed by atoms with van der Waals surface area (Å²) in [7, 11) is 0. The van der Waals surface area contributed by atoms with Crippen molar-refractivity contribution in [3.63, 3.8) is 0 Å². The van der Waals surface area contributed by atoms with Crippen LogP contribution in [0.4, 0.5) is 30.7 Å². The van der Waals surface area contributed by atoms with Crippen molar-refractivity contribution < 1.29 is 45.4 Å². The first-order valence-electron chi connectivity index (χ1n) is 11.6. The van der Waals surface area contributed by atoms with Crippen LogP contribution in [-0.4, -0.2) is 33.1 Å². The number of amides is 2. The van der Waals surface area contributed by atoms with E-state index >= 15 is 4.39 Å². The number of carbonyl (C=O) groups is 2. The van der Waals surface area contributed by atoms with Crippen molar-refractivity contribution >= 4 is 34.3 Å². The minimum absolute atomic E-state index is 0.0243. The lowest BCUT2D eigenvalue weighted by molar-refractivity contribution is -0.137. The Hall–Kier alpha value is -4.17. The monoisotopic (exact) mass is 600 g/mol. The minimum atomic E-state index is -5.10.